The molecule has 2 rings (SSSR count). The molecule has 2 aromatic rings. The number of nitrogens with two attached hydrogens (primary N) is 1. The Hall–Kier alpha value is -1.62. The van der Waals surface area contributed by atoms with Crippen molar-refractivity contribution in [2.75, 3.05) is 5.73 Å². The molecule has 0 aliphatic rings. The Morgan fingerprint density at radius 3 is 2.82 bits per heavy atom. The minimum atomic E-state index is -0.127. The van der Waals surface area contributed by atoms with Crippen molar-refractivity contribution in [1.82, 2.24) is 9.78 Å². The van der Waals surface area contributed by atoms with Gasteiger partial charge < -0.3 is 5.73 Å². The predicted molar refractivity (Wildman–Crippen MR) is 70.9 cm³/mol. The molecule has 1 aromatic heterocycles. The summed E-state index contributed by atoms with van der Waals surface area (Å²) in [4.78, 5) is 11.6. The first-order valence-corrected chi connectivity index (χ1v) is 5.94. The molecular formula is C12H12BrN3O. The van der Waals surface area contributed by atoms with Crippen LogP contribution in [0.4, 0.5) is 5.69 Å². The van der Waals surface area contributed by atoms with Gasteiger partial charge in [-0.3, -0.25) is 4.79 Å². The van der Waals surface area contributed by atoms with E-state index in [9.17, 15) is 4.79 Å². The summed E-state index contributed by atoms with van der Waals surface area (Å²) in [6.07, 6.45) is 0. The third-order valence-corrected chi connectivity index (χ3v) is 2.92. The minimum absolute atomic E-state index is 0.127. The van der Waals surface area contributed by atoms with Crippen molar-refractivity contribution >= 4 is 21.6 Å². The maximum absolute atomic E-state index is 11.6. The molecular weight excluding hydrogens is 282 g/mol. The topological polar surface area (TPSA) is 60.9 Å². The molecule has 1 heterocycles. The summed E-state index contributed by atoms with van der Waals surface area (Å²) in [6, 6.07) is 8.81. The van der Waals surface area contributed by atoms with Crippen molar-refractivity contribution < 1.29 is 0 Å². The Bertz CT molecular complexity index is 607. The van der Waals surface area contributed by atoms with Gasteiger partial charge in [-0.25, -0.2) is 4.68 Å². The normalized spacial score (nSPS) is 10.5. The standard InChI is InChI=1S/C12H12BrN3O/c1-8-2-5-12(17)16(15-8)7-9-3-4-10(13)6-11(9)14/h2-6H,7,14H2,1H3. The summed E-state index contributed by atoms with van der Waals surface area (Å²) in [7, 11) is 0. The molecule has 0 unspecified atom stereocenters. The van der Waals surface area contributed by atoms with E-state index in [1.54, 1.807) is 6.07 Å². The summed E-state index contributed by atoms with van der Waals surface area (Å²) < 4.78 is 2.33. The number of hydrogen-bond acceptors (Lipinski definition) is 3. The van der Waals surface area contributed by atoms with Crippen LogP contribution in [0.1, 0.15) is 11.3 Å². The number of anilines is 1. The average molecular weight is 294 g/mol. The monoisotopic (exact) mass is 293 g/mol. The van der Waals surface area contributed by atoms with E-state index in [-0.39, 0.29) is 5.56 Å². The van der Waals surface area contributed by atoms with Crippen LogP contribution < -0.4 is 11.3 Å². The number of halogens is 1. The number of rotatable bonds is 2. The van der Waals surface area contributed by atoms with Crippen molar-refractivity contribution in [2.45, 2.75) is 13.5 Å². The van der Waals surface area contributed by atoms with E-state index in [1.807, 2.05) is 25.1 Å². The molecule has 1 aromatic carbocycles. The van der Waals surface area contributed by atoms with Gasteiger partial charge in [-0.05, 0) is 30.7 Å². The van der Waals surface area contributed by atoms with E-state index >= 15 is 0 Å². The van der Waals surface area contributed by atoms with Gasteiger partial charge in [0.25, 0.3) is 5.56 Å². The lowest BCUT2D eigenvalue weighted by Gasteiger charge is -2.08. The molecule has 0 spiro atoms. The van der Waals surface area contributed by atoms with Gasteiger partial charge in [-0.2, -0.15) is 5.10 Å². The average Bonchev–Trinajstić information content (AvgIpc) is 2.27. The van der Waals surface area contributed by atoms with Gasteiger partial charge in [-0.1, -0.05) is 22.0 Å². The van der Waals surface area contributed by atoms with E-state index in [0.29, 0.717) is 12.2 Å². The van der Waals surface area contributed by atoms with Crippen LogP contribution in [0.2, 0.25) is 0 Å². The third-order valence-electron chi connectivity index (χ3n) is 2.43. The lowest BCUT2D eigenvalue weighted by molar-refractivity contribution is 0.629. The SMILES string of the molecule is Cc1ccc(=O)n(Cc2ccc(Br)cc2N)n1. The summed E-state index contributed by atoms with van der Waals surface area (Å²) in [5.74, 6) is 0. The van der Waals surface area contributed by atoms with Crippen molar-refractivity contribution in [3.63, 3.8) is 0 Å². The highest BCUT2D eigenvalue weighted by molar-refractivity contribution is 9.10. The van der Waals surface area contributed by atoms with E-state index in [2.05, 4.69) is 21.0 Å². The fourth-order valence-corrected chi connectivity index (χ4v) is 1.91. The number of hydrogen-bond donors (Lipinski definition) is 1. The Labute approximate surface area is 107 Å². The highest BCUT2D eigenvalue weighted by atomic mass is 79.9. The Balaban J connectivity index is 2.38. The number of nitrogen functional groups attached to an aromatic ring is 1. The van der Waals surface area contributed by atoms with Crippen molar-refractivity contribution in [3.8, 4) is 0 Å². The second-order valence-electron chi connectivity index (χ2n) is 3.81. The maximum Gasteiger partial charge on any atom is 0.267 e. The fraction of sp³-hybridized carbons (Fsp3) is 0.167. The number of benzene rings is 1. The molecule has 4 nitrogen and oxygen atoms in total. The molecule has 0 saturated carbocycles. The van der Waals surface area contributed by atoms with Crippen molar-refractivity contribution in [2.24, 2.45) is 0 Å². The molecule has 5 heteroatoms. The van der Waals surface area contributed by atoms with Crippen molar-refractivity contribution in [1.29, 1.82) is 0 Å². The number of aryl methyl sites for hydroxylation is 1. The number of aromatic nitrogens is 2. The summed E-state index contributed by atoms with van der Waals surface area (Å²) >= 11 is 3.34. The largest absolute Gasteiger partial charge is 0.398 e. The molecule has 0 atom stereocenters. The van der Waals surface area contributed by atoms with E-state index < -0.39 is 0 Å². The summed E-state index contributed by atoms with van der Waals surface area (Å²) in [5, 5.41) is 4.17. The molecule has 0 saturated heterocycles. The van der Waals surface area contributed by atoms with Crippen LogP contribution >= 0.6 is 15.9 Å². The lowest BCUT2D eigenvalue weighted by atomic mass is 10.2. The molecule has 17 heavy (non-hydrogen) atoms. The second-order valence-corrected chi connectivity index (χ2v) is 4.73. The zero-order valence-corrected chi connectivity index (χ0v) is 10.9. The smallest absolute Gasteiger partial charge is 0.267 e. The van der Waals surface area contributed by atoms with Gasteiger partial charge in [0.2, 0.25) is 0 Å². The molecule has 2 N–H and O–H groups in total. The fourth-order valence-electron chi connectivity index (χ4n) is 1.54. The van der Waals surface area contributed by atoms with Gasteiger partial charge in [0.1, 0.15) is 0 Å². The van der Waals surface area contributed by atoms with Gasteiger partial charge >= 0.3 is 0 Å². The molecule has 0 bridgehead atoms. The minimum Gasteiger partial charge on any atom is -0.398 e. The van der Waals surface area contributed by atoms with Crippen LogP contribution in [0, 0.1) is 6.92 Å². The first-order chi connectivity index (χ1) is 8.06. The first kappa shape index (κ1) is 11.9. The molecule has 0 fully saturated rings. The summed E-state index contributed by atoms with van der Waals surface area (Å²) in [6.45, 7) is 2.24. The van der Waals surface area contributed by atoms with Crippen LogP contribution in [0.25, 0.3) is 0 Å². The molecule has 0 radical (unpaired) electrons. The summed E-state index contributed by atoms with van der Waals surface area (Å²) in [5.41, 5.74) is 8.09. The van der Waals surface area contributed by atoms with Gasteiger partial charge in [0.05, 0.1) is 12.2 Å². The Kier molecular flexibility index (Phi) is 3.28. The zero-order chi connectivity index (χ0) is 12.4. The van der Waals surface area contributed by atoms with Crippen LogP contribution in [0.5, 0.6) is 0 Å². The quantitative estimate of drug-likeness (QED) is 0.861. The van der Waals surface area contributed by atoms with Gasteiger partial charge in [-0.15, -0.1) is 0 Å². The molecule has 0 aliphatic carbocycles. The predicted octanol–water partition coefficient (Wildman–Crippen LogP) is 1.94. The molecule has 0 amide bonds. The Morgan fingerprint density at radius 1 is 1.35 bits per heavy atom. The van der Waals surface area contributed by atoms with Crippen LogP contribution in [0.15, 0.2) is 39.6 Å². The van der Waals surface area contributed by atoms with E-state index in [1.165, 1.54) is 10.7 Å². The second kappa shape index (κ2) is 4.71. The Morgan fingerprint density at radius 2 is 2.12 bits per heavy atom. The number of nitrogens with zero attached hydrogens (tertiary/aromatic N) is 2. The van der Waals surface area contributed by atoms with Gasteiger partial charge in [0.15, 0.2) is 0 Å². The maximum atomic E-state index is 11.6. The molecule has 0 aliphatic heterocycles. The van der Waals surface area contributed by atoms with Gasteiger partial charge in [0, 0.05) is 16.2 Å². The third kappa shape index (κ3) is 2.74. The lowest BCUT2D eigenvalue weighted by Crippen LogP contribution is -2.23. The van der Waals surface area contributed by atoms with Crippen LogP contribution in [-0.4, -0.2) is 9.78 Å². The van der Waals surface area contributed by atoms with E-state index in [4.69, 9.17) is 5.73 Å². The van der Waals surface area contributed by atoms with E-state index in [0.717, 1.165) is 15.7 Å². The molecule has 88 valence electrons. The highest BCUT2D eigenvalue weighted by Crippen LogP contribution is 2.18. The van der Waals surface area contributed by atoms with Crippen LogP contribution in [0.3, 0.4) is 0 Å². The highest BCUT2D eigenvalue weighted by Gasteiger charge is 2.03. The van der Waals surface area contributed by atoms with Crippen molar-refractivity contribution in [3.05, 3.63) is 56.4 Å². The van der Waals surface area contributed by atoms with Crippen LogP contribution in [-0.2, 0) is 6.54 Å². The first-order valence-electron chi connectivity index (χ1n) is 5.15. The zero-order valence-electron chi connectivity index (χ0n) is 9.35.